The van der Waals surface area contributed by atoms with Gasteiger partial charge in [-0.25, -0.2) is 4.39 Å². The molecule has 7 heteroatoms. The predicted molar refractivity (Wildman–Crippen MR) is 91.5 cm³/mol. The van der Waals surface area contributed by atoms with Crippen molar-refractivity contribution < 1.29 is 18.7 Å². The van der Waals surface area contributed by atoms with E-state index < -0.39 is 11.7 Å². The third kappa shape index (κ3) is 3.60. The molecular weight excluding hydrogens is 325 g/mol. The fraction of sp³-hybridized carbons (Fsp3) is 0.111. The Kier molecular flexibility index (Phi) is 4.65. The average molecular weight is 341 g/mol. The molecule has 1 heterocycles. The lowest BCUT2D eigenvalue weighted by atomic mass is 10.1. The van der Waals surface area contributed by atoms with Gasteiger partial charge in [-0.1, -0.05) is 6.07 Å². The Morgan fingerprint density at radius 2 is 1.96 bits per heavy atom. The molecule has 0 aliphatic rings. The first-order valence-corrected chi connectivity index (χ1v) is 7.45. The summed E-state index contributed by atoms with van der Waals surface area (Å²) >= 11 is 0. The molecule has 0 spiro atoms. The number of hydrogen-bond donors (Lipinski definition) is 2. The molecule has 0 bridgehead atoms. The maximum absolute atomic E-state index is 13.2. The Morgan fingerprint density at radius 3 is 2.68 bits per heavy atom. The molecule has 0 radical (unpaired) electrons. The van der Waals surface area contributed by atoms with Crippen molar-refractivity contribution in [1.29, 1.82) is 0 Å². The average Bonchev–Trinajstić information content (AvgIpc) is 3.11. The van der Waals surface area contributed by atoms with Crippen molar-refractivity contribution in [1.82, 2.24) is 10.2 Å². The highest BCUT2D eigenvalue weighted by Gasteiger charge is 2.15. The van der Waals surface area contributed by atoms with Gasteiger partial charge in [-0.3, -0.25) is 9.89 Å². The van der Waals surface area contributed by atoms with Crippen molar-refractivity contribution in [2.45, 2.75) is 0 Å². The molecule has 128 valence electrons. The highest BCUT2D eigenvalue weighted by atomic mass is 19.1. The molecule has 1 amide bonds. The minimum Gasteiger partial charge on any atom is -0.497 e. The maximum Gasteiger partial charge on any atom is 0.273 e. The van der Waals surface area contributed by atoms with Gasteiger partial charge in [0.05, 0.1) is 19.9 Å². The summed E-state index contributed by atoms with van der Waals surface area (Å²) in [6.07, 6.45) is 0. The number of nitrogens with one attached hydrogen (secondary N) is 2. The first-order valence-electron chi connectivity index (χ1n) is 7.45. The number of benzene rings is 2. The summed E-state index contributed by atoms with van der Waals surface area (Å²) in [5, 5.41) is 9.44. The van der Waals surface area contributed by atoms with Crippen LogP contribution in [0.5, 0.6) is 11.5 Å². The Balaban J connectivity index is 1.84. The van der Waals surface area contributed by atoms with Crippen molar-refractivity contribution in [2.75, 3.05) is 19.5 Å². The van der Waals surface area contributed by atoms with Gasteiger partial charge >= 0.3 is 0 Å². The summed E-state index contributed by atoms with van der Waals surface area (Å²) in [7, 11) is 3.11. The van der Waals surface area contributed by atoms with Crippen molar-refractivity contribution in [2.24, 2.45) is 0 Å². The standard InChI is InChI=1S/C18H16FN3O3/c1-24-13-6-7-14(17(9-13)25-2)15-10-16(22-21-15)18(23)20-12-5-3-4-11(19)8-12/h3-10H,1-2H3,(H,20,23)(H,21,22). The van der Waals surface area contributed by atoms with E-state index in [0.29, 0.717) is 28.4 Å². The second-order valence-electron chi connectivity index (χ2n) is 5.20. The van der Waals surface area contributed by atoms with E-state index in [0.717, 1.165) is 0 Å². The number of H-pyrrole nitrogens is 1. The van der Waals surface area contributed by atoms with Crippen molar-refractivity contribution in [3.8, 4) is 22.8 Å². The summed E-state index contributed by atoms with van der Waals surface area (Å²) in [5.74, 6) is 0.381. The monoisotopic (exact) mass is 341 g/mol. The van der Waals surface area contributed by atoms with Crippen LogP contribution in [0.15, 0.2) is 48.5 Å². The van der Waals surface area contributed by atoms with Gasteiger partial charge in [0.25, 0.3) is 5.91 Å². The highest BCUT2D eigenvalue weighted by Crippen LogP contribution is 2.32. The number of halogens is 1. The molecule has 0 saturated carbocycles. The zero-order valence-electron chi connectivity index (χ0n) is 13.7. The van der Waals surface area contributed by atoms with E-state index >= 15 is 0 Å². The van der Waals surface area contributed by atoms with E-state index in [1.165, 1.54) is 18.2 Å². The van der Waals surface area contributed by atoms with Gasteiger partial charge in [0.2, 0.25) is 0 Å². The lowest BCUT2D eigenvalue weighted by Crippen LogP contribution is -2.12. The molecule has 6 nitrogen and oxygen atoms in total. The number of carbonyl (C=O) groups excluding carboxylic acids is 1. The molecule has 1 aromatic heterocycles. The second kappa shape index (κ2) is 7.04. The van der Waals surface area contributed by atoms with Crippen LogP contribution in [-0.4, -0.2) is 30.3 Å². The third-order valence-electron chi connectivity index (χ3n) is 3.59. The zero-order valence-corrected chi connectivity index (χ0v) is 13.7. The number of nitrogens with zero attached hydrogens (tertiary/aromatic N) is 1. The van der Waals surface area contributed by atoms with Gasteiger partial charge in [-0.05, 0) is 36.4 Å². The summed E-state index contributed by atoms with van der Waals surface area (Å²) in [6, 6.07) is 12.6. The maximum atomic E-state index is 13.2. The van der Waals surface area contributed by atoms with E-state index in [9.17, 15) is 9.18 Å². The van der Waals surface area contributed by atoms with Crippen LogP contribution in [0.2, 0.25) is 0 Å². The Morgan fingerprint density at radius 1 is 1.12 bits per heavy atom. The minimum atomic E-state index is -0.425. The van der Waals surface area contributed by atoms with Crippen LogP contribution in [0, 0.1) is 5.82 Å². The highest BCUT2D eigenvalue weighted by molar-refractivity contribution is 6.03. The zero-order chi connectivity index (χ0) is 17.8. The largest absolute Gasteiger partial charge is 0.497 e. The summed E-state index contributed by atoms with van der Waals surface area (Å²) < 4.78 is 23.7. The third-order valence-corrected chi connectivity index (χ3v) is 3.59. The molecule has 2 N–H and O–H groups in total. The summed E-state index contributed by atoms with van der Waals surface area (Å²) in [4.78, 5) is 12.3. The first-order chi connectivity index (χ1) is 12.1. The van der Waals surface area contributed by atoms with Gasteiger partial charge in [0.1, 0.15) is 23.0 Å². The smallest absolute Gasteiger partial charge is 0.273 e. The predicted octanol–water partition coefficient (Wildman–Crippen LogP) is 3.49. The van der Waals surface area contributed by atoms with Crippen LogP contribution in [-0.2, 0) is 0 Å². The molecule has 0 aliphatic carbocycles. The van der Waals surface area contributed by atoms with E-state index in [4.69, 9.17) is 9.47 Å². The number of methoxy groups -OCH3 is 2. The van der Waals surface area contributed by atoms with Crippen molar-refractivity contribution in [3.63, 3.8) is 0 Å². The number of ether oxygens (including phenoxy) is 2. The number of anilines is 1. The number of hydrogen-bond acceptors (Lipinski definition) is 4. The van der Waals surface area contributed by atoms with Crippen LogP contribution < -0.4 is 14.8 Å². The van der Waals surface area contributed by atoms with E-state index in [1.54, 1.807) is 44.6 Å². The van der Waals surface area contributed by atoms with Crippen LogP contribution >= 0.6 is 0 Å². The fourth-order valence-corrected chi connectivity index (χ4v) is 2.35. The number of rotatable bonds is 5. The molecule has 0 atom stereocenters. The normalized spacial score (nSPS) is 10.4. The van der Waals surface area contributed by atoms with Crippen LogP contribution in [0.1, 0.15) is 10.5 Å². The van der Waals surface area contributed by atoms with Crippen LogP contribution in [0.3, 0.4) is 0 Å². The lowest BCUT2D eigenvalue weighted by molar-refractivity contribution is 0.102. The molecular formula is C18H16FN3O3. The topological polar surface area (TPSA) is 76.2 Å². The van der Waals surface area contributed by atoms with Gasteiger partial charge in [0, 0.05) is 17.3 Å². The van der Waals surface area contributed by atoms with Gasteiger partial charge in [-0.2, -0.15) is 5.10 Å². The quantitative estimate of drug-likeness (QED) is 0.745. The first kappa shape index (κ1) is 16.5. The van der Waals surface area contributed by atoms with Crippen molar-refractivity contribution in [3.05, 3.63) is 60.0 Å². The SMILES string of the molecule is COc1ccc(-c2cc(C(=O)Nc3cccc(F)c3)[nH]n2)c(OC)c1. The molecule has 0 unspecified atom stereocenters. The van der Waals surface area contributed by atoms with E-state index in [2.05, 4.69) is 15.5 Å². The summed E-state index contributed by atoms with van der Waals surface area (Å²) in [6.45, 7) is 0. The van der Waals surface area contributed by atoms with Crippen LogP contribution in [0.25, 0.3) is 11.3 Å². The van der Waals surface area contributed by atoms with Crippen molar-refractivity contribution >= 4 is 11.6 Å². The number of carbonyl (C=O) groups is 1. The number of aromatic nitrogens is 2. The lowest BCUT2D eigenvalue weighted by Gasteiger charge is -2.08. The number of aromatic amines is 1. The van der Waals surface area contributed by atoms with E-state index in [-0.39, 0.29) is 5.69 Å². The molecule has 0 fully saturated rings. The Labute approximate surface area is 143 Å². The Hall–Kier alpha value is -3.35. The van der Waals surface area contributed by atoms with Gasteiger partial charge in [0.15, 0.2) is 0 Å². The fourth-order valence-electron chi connectivity index (χ4n) is 2.35. The minimum absolute atomic E-state index is 0.247. The second-order valence-corrected chi connectivity index (χ2v) is 5.20. The Bertz CT molecular complexity index is 908. The molecule has 2 aromatic carbocycles. The molecule has 3 aromatic rings. The number of amides is 1. The van der Waals surface area contributed by atoms with E-state index in [1.807, 2.05) is 0 Å². The van der Waals surface area contributed by atoms with Crippen LogP contribution in [0.4, 0.5) is 10.1 Å². The molecule has 25 heavy (non-hydrogen) atoms. The van der Waals surface area contributed by atoms with Gasteiger partial charge in [-0.15, -0.1) is 0 Å². The molecule has 0 aliphatic heterocycles. The van der Waals surface area contributed by atoms with Gasteiger partial charge < -0.3 is 14.8 Å². The summed E-state index contributed by atoms with van der Waals surface area (Å²) in [5.41, 5.74) is 1.87. The molecule has 3 rings (SSSR count). The molecule has 0 saturated heterocycles.